The van der Waals surface area contributed by atoms with E-state index in [-0.39, 0.29) is 29.0 Å². The van der Waals surface area contributed by atoms with E-state index >= 15 is 0 Å². The highest BCUT2D eigenvalue weighted by atomic mass is 32.2. The molecule has 0 N–H and O–H groups in total. The molecule has 234 valence electrons. The summed E-state index contributed by atoms with van der Waals surface area (Å²) >= 11 is 0. The van der Waals surface area contributed by atoms with Gasteiger partial charge in [-0.1, -0.05) is 76.3 Å². The second-order valence-electron chi connectivity index (χ2n) is 15.0. The largest absolute Gasteiger partial charge is 0.462 e. The molecule has 0 heterocycles. The summed E-state index contributed by atoms with van der Waals surface area (Å²) in [6.07, 6.45) is 14.5. The number of hydrogen-bond donors (Lipinski definition) is 0. The van der Waals surface area contributed by atoms with Crippen LogP contribution >= 0.6 is 0 Å². The van der Waals surface area contributed by atoms with Crippen LogP contribution in [0.3, 0.4) is 0 Å². The van der Waals surface area contributed by atoms with Crippen molar-refractivity contribution in [3.8, 4) is 0 Å². The van der Waals surface area contributed by atoms with Crippen molar-refractivity contribution >= 4 is 16.1 Å². The van der Waals surface area contributed by atoms with Crippen molar-refractivity contribution in [3.63, 3.8) is 0 Å². The van der Waals surface area contributed by atoms with E-state index in [1.54, 1.807) is 12.1 Å². The zero-order valence-corrected chi connectivity index (χ0v) is 27.7. The minimum atomic E-state index is -3.88. The van der Waals surface area contributed by atoms with Crippen LogP contribution in [0.25, 0.3) is 0 Å². The lowest BCUT2D eigenvalue weighted by Crippen LogP contribution is -2.54. The van der Waals surface area contributed by atoms with Crippen LogP contribution in [0.2, 0.25) is 0 Å². The third-order valence-electron chi connectivity index (χ3n) is 12.1. The maximum Gasteiger partial charge on any atom is 0.302 e. The Morgan fingerprint density at radius 3 is 2.43 bits per heavy atom. The Morgan fingerprint density at radius 2 is 1.74 bits per heavy atom. The Morgan fingerprint density at radius 1 is 1.00 bits per heavy atom. The SMILES string of the molecule is CC(=O)OC1CCC2(COS(=O)(=O)c3ccc(C)cc3)C(=CCC3C2CCC2(C)C(C(C)CCCC(C)C)CCC32)C1. The van der Waals surface area contributed by atoms with Crippen molar-refractivity contribution in [1.29, 1.82) is 0 Å². The zero-order valence-electron chi connectivity index (χ0n) is 26.9. The van der Waals surface area contributed by atoms with E-state index in [1.807, 2.05) is 19.1 Å². The molecular formula is C36H54O5S. The lowest BCUT2D eigenvalue weighted by Gasteiger charge is -2.59. The van der Waals surface area contributed by atoms with Gasteiger partial charge in [-0.2, -0.15) is 8.42 Å². The monoisotopic (exact) mass is 598 g/mol. The molecule has 4 aliphatic carbocycles. The van der Waals surface area contributed by atoms with Gasteiger partial charge >= 0.3 is 5.97 Å². The number of carbonyl (C=O) groups excluding carboxylic acids is 1. The number of carbonyl (C=O) groups is 1. The van der Waals surface area contributed by atoms with Crippen LogP contribution in [-0.4, -0.2) is 27.1 Å². The molecule has 5 nitrogen and oxygen atoms in total. The molecule has 1 aromatic carbocycles. The Labute approximate surface area is 255 Å². The molecule has 0 aliphatic heterocycles. The van der Waals surface area contributed by atoms with Crippen LogP contribution in [0.5, 0.6) is 0 Å². The Balaban J connectivity index is 1.40. The molecule has 8 atom stereocenters. The van der Waals surface area contributed by atoms with Crippen LogP contribution in [-0.2, 0) is 23.8 Å². The van der Waals surface area contributed by atoms with Gasteiger partial charge in [-0.05, 0) is 105 Å². The van der Waals surface area contributed by atoms with Gasteiger partial charge in [-0.15, -0.1) is 0 Å². The third-order valence-corrected chi connectivity index (χ3v) is 13.4. The van der Waals surface area contributed by atoms with Gasteiger partial charge in [0, 0.05) is 18.8 Å². The molecular weight excluding hydrogens is 544 g/mol. The van der Waals surface area contributed by atoms with Gasteiger partial charge in [0.05, 0.1) is 11.5 Å². The first kappa shape index (κ1) is 31.8. The lowest BCUT2D eigenvalue weighted by atomic mass is 9.46. The second-order valence-corrected chi connectivity index (χ2v) is 16.6. The fraction of sp³-hybridized carbons (Fsp3) is 0.750. The summed E-state index contributed by atoms with van der Waals surface area (Å²) in [5.74, 6) is 3.67. The number of benzene rings is 1. The normalized spacial score (nSPS) is 35.1. The van der Waals surface area contributed by atoms with Crippen molar-refractivity contribution < 1.29 is 22.1 Å². The van der Waals surface area contributed by atoms with Crippen molar-refractivity contribution in [2.45, 2.75) is 123 Å². The summed E-state index contributed by atoms with van der Waals surface area (Å²) in [5, 5.41) is 0. The van der Waals surface area contributed by atoms with Crippen LogP contribution in [0.1, 0.15) is 111 Å². The molecule has 0 radical (unpaired) electrons. The molecule has 3 saturated carbocycles. The molecule has 0 amide bonds. The summed E-state index contributed by atoms with van der Waals surface area (Å²) in [5.41, 5.74) is 2.32. The van der Waals surface area contributed by atoms with E-state index in [2.05, 4.69) is 33.8 Å². The van der Waals surface area contributed by atoms with E-state index < -0.39 is 10.1 Å². The van der Waals surface area contributed by atoms with E-state index in [0.717, 1.165) is 49.0 Å². The predicted molar refractivity (Wildman–Crippen MR) is 167 cm³/mol. The highest BCUT2D eigenvalue weighted by Crippen LogP contribution is 2.67. The van der Waals surface area contributed by atoms with E-state index in [9.17, 15) is 13.2 Å². The maximum atomic E-state index is 13.4. The van der Waals surface area contributed by atoms with Gasteiger partial charge in [0.25, 0.3) is 10.1 Å². The van der Waals surface area contributed by atoms with Crippen LogP contribution < -0.4 is 0 Å². The molecule has 42 heavy (non-hydrogen) atoms. The van der Waals surface area contributed by atoms with Gasteiger partial charge in [0.2, 0.25) is 0 Å². The fourth-order valence-corrected chi connectivity index (χ4v) is 11.0. The average molecular weight is 599 g/mol. The Hall–Kier alpha value is -1.66. The van der Waals surface area contributed by atoms with Crippen LogP contribution in [0, 0.1) is 53.3 Å². The molecule has 0 bridgehead atoms. The number of hydrogen-bond acceptors (Lipinski definition) is 5. The number of allylic oxidation sites excluding steroid dienone is 1. The number of ether oxygens (including phenoxy) is 1. The third kappa shape index (κ3) is 6.14. The van der Waals surface area contributed by atoms with Gasteiger partial charge < -0.3 is 4.74 Å². The second kappa shape index (κ2) is 12.4. The Bertz CT molecular complexity index is 1250. The van der Waals surface area contributed by atoms with Crippen LogP contribution in [0.15, 0.2) is 40.8 Å². The minimum Gasteiger partial charge on any atom is -0.462 e. The molecule has 1 aromatic rings. The van der Waals surface area contributed by atoms with E-state index in [1.165, 1.54) is 51.0 Å². The van der Waals surface area contributed by atoms with Gasteiger partial charge in [-0.3, -0.25) is 8.98 Å². The summed E-state index contributed by atoms with van der Waals surface area (Å²) in [4.78, 5) is 12.0. The molecule has 8 unspecified atom stereocenters. The number of rotatable bonds is 10. The summed E-state index contributed by atoms with van der Waals surface area (Å²) in [7, 11) is -3.88. The lowest BCUT2D eigenvalue weighted by molar-refractivity contribution is -0.149. The van der Waals surface area contributed by atoms with Crippen molar-refractivity contribution in [1.82, 2.24) is 0 Å². The Kier molecular flexibility index (Phi) is 9.36. The van der Waals surface area contributed by atoms with E-state index in [0.29, 0.717) is 29.6 Å². The predicted octanol–water partition coefficient (Wildman–Crippen LogP) is 8.65. The number of esters is 1. The van der Waals surface area contributed by atoms with Gasteiger partial charge in [-0.25, -0.2) is 0 Å². The first-order chi connectivity index (χ1) is 19.9. The first-order valence-corrected chi connectivity index (χ1v) is 18.1. The standard InChI is InChI=1S/C36H54O5S/c1-24(2)8-7-9-26(4)32-16-17-33-31-15-12-28-22-29(41-27(5)37)18-21-36(28,34(31)19-20-35(32,33)6)23-40-42(38,39)30-13-10-25(3)11-14-30/h10-14,24,26,29,31-34H,7-9,15-23H2,1-6H3. The quantitative estimate of drug-likeness (QED) is 0.153. The fourth-order valence-electron chi connectivity index (χ4n) is 10.0. The molecule has 5 rings (SSSR count). The topological polar surface area (TPSA) is 69.7 Å². The summed E-state index contributed by atoms with van der Waals surface area (Å²) < 4.78 is 38.5. The minimum absolute atomic E-state index is 0.136. The van der Waals surface area contributed by atoms with Crippen molar-refractivity contribution in [2.24, 2.45) is 46.3 Å². The summed E-state index contributed by atoms with van der Waals surface area (Å²) in [6.45, 7) is 13.4. The van der Waals surface area contributed by atoms with Crippen LogP contribution in [0.4, 0.5) is 0 Å². The van der Waals surface area contributed by atoms with Crippen molar-refractivity contribution in [2.75, 3.05) is 6.61 Å². The molecule has 0 spiro atoms. The molecule has 6 heteroatoms. The first-order valence-electron chi connectivity index (χ1n) is 16.7. The number of aryl methyl sites for hydroxylation is 1. The highest BCUT2D eigenvalue weighted by molar-refractivity contribution is 7.86. The van der Waals surface area contributed by atoms with Gasteiger partial charge in [0.15, 0.2) is 0 Å². The summed E-state index contributed by atoms with van der Waals surface area (Å²) in [6, 6.07) is 6.94. The molecule has 0 aromatic heterocycles. The molecule has 0 saturated heterocycles. The smallest absolute Gasteiger partial charge is 0.302 e. The maximum absolute atomic E-state index is 13.4. The highest BCUT2D eigenvalue weighted by Gasteiger charge is 2.60. The van der Waals surface area contributed by atoms with Gasteiger partial charge in [0.1, 0.15) is 6.10 Å². The number of fused-ring (bicyclic) bond motifs is 5. The zero-order chi connectivity index (χ0) is 30.3. The van der Waals surface area contributed by atoms with Crippen molar-refractivity contribution in [3.05, 3.63) is 41.5 Å². The molecule has 3 fully saturated rings. The average Bonchev–Trinajstić information content (AvgIpc) is 3.29. The molecule has 4 aliphatic rings. The van der Waals surface area contributed by atoms with E-state index in [4.69, 9.17) is 8.92 Å².